The SMILES string of the molecule is Cc1c(Cl)cccc1NC(=O)COc1cccc2ccccc12. The molecule has 1 N–H and O–H groups in total. The second-order valence-corrected chi connectivity index (χ2v) is 5.63. The van der Waals surface area contributed by atoms with Gasteiger partial charge >= 0.3 is 0 Å². The van der Waals surface area contributed by atoms with Crippen LogP contribution in [0.4, 0.5) is 5.69 Å². The molecule has 0 spiro atoms. The summed E-state index contributed by atoms with van der Waals surface area (Å²) in [6.45, 7) is 1.81. The maximum atomic E-state index is 12.1. The highest BCUT2D eigenvalue weighted by Crippen LogP contribution is 2.25. The molecule has 116 valence electrons. The molecule has 0 aliphatic carbocycles. The van der Waals surface area contributed by atoms with Gasteiger partial charge in [-0.05, 0) is 36.1 Å². The molecular weight excluding hydrogens is 310 g/mol. The lowest BCUT2D eigenvalue weighted by atomic mass is 10.1. The second kappa shape index (κ2) is 6.71. The Bertz CT molecular complexity index is 856. The van der Waals surface area contributed by atoms with E-state index in [9.17, 15) is 4.79 Å². The normalized spacial score (nSPS) is 10.5. The van der Waals surface area contributed by atoms with Gasteiger partial charge in [0.15, 0.2) is 6.61 Å². The average molecular weight is 326 g/mol. The van der Waals surface area contributed by atoms with Gasteiger partial charge in [-0.3, -0.25) is 4.79 Å². The third kappa shape index (κ3) is 3.46. The summed E-state index contributed by atoms with van der Waals surface area (Å²) in [6, 6.07) is 19.1. The summed E-state index contributed by atoms with van der Waals surface area (Å²) in [4.78, 5) is 12.1. The number of rotatable bonds is 4. The molecule has 0 unspecified atom stereocenters. The van der Waals surface area contributed by atoms with Crippen LogP contribution < -0.4 is 10.1 Å². The van der Waals surface area contributed by atoms with E-state index in [1.165, 1.54) is 0 Å². The molecule has 0 aromatic heterocycles. The lowest BCUT2D eigenvalue weighted by Gasteiger charge is -2.11. The van der Waals surface area contributed by atoms with Crippen LogP contribution in [0, 0.1) is 6.92 Å². The number of carbonyl (C=O) groups excluding carboxylic acids is 1. The monoisotopic (exact) mass is 325 g/mol. The number of benzene rings is 3. The maximum absolute atomic E-state index is 12.1. The van der Waals surface area contributed by atoms with E-state index in [0.29, 0.717) is 16.5 Å². The number of amides is 1. The Labute approximate surface area is 139 Å². The van der Waals surface area contributed by atoms with Gasteiger partial charge in [-0.15, -0.1) is 0 Å². The zero-order valence-corrected chi connectivity index (χ0v) is 13.4. The number of halogens is 1. The van der Waals surface area contributed by atoms with Crippen LogP contribution in [0.3, 0.4) is 0 Å². The molecule has 23 heavy (non-hydrogen) atoms. The van der Waals surface area contributed by atoms with E-state index in [0.717, 1.165) is 16.3 Å². The third-order valence-electron chi connectivity index (χ3n) is 3.65. The van der Waals surface area contributed by atoms with E-state index in [4.69, 9.17) is 16.3 Å². The van der Waals surface area contributed by atoms with Crippen molar-refractivity contribution in [3.05, 3.63) is 71.2 Å². The van der Waals surface area contributed by atoms with Crippen LogP contribution in [-0.2, 0) is 4.79 Å². The maximum Gasteiger partial charge on any atom is 0.262 e. The van der Waals surface area contributed by atoms with E-state index < -0.39 is 0 Å². The predicted octanol–water partition coefficient (Wildman–Crippen LogP) is 4.82. The fourth-order valence-corrected chi connectivity index (χ4v) is 2.57. The average Bonchev–Trinajstić information content (AvgIpc) is 2.57. The lowest BCUT2D eigenvalue weighted by molar-refractivity contribution is -0.118. The van der Waals surface area contributed by atoms with Crippen LogP contribution in [-0.4, -0.2) is 12.5 Å². The van der Waals surface area contributed by atoms with Crippen LogP contribution >= 0.6 is 11.6 Å². The first-order valence-corrected chi connectivity index (χ1v) is 7.68. The number of hydrogen-bond acceptors (Lipinski definition) is 2. The van der Waals surface area contributed by atoms with Crippen molar-refractivity contribution in [3.8, 4) is 5.75 Å². The quantitative estimate of drug-likeness (QED) is 0.747. The highest BCUT2D eigenvalue weighted by atomic mass is 35.5. The van der Waals surface area contributed by atoms with Gasteiger partial charge < -0.3 is 10.1 Å². The number of hydrogen-bond donors (Lipinski definition) is 1. The summed E-state index contributed by atoms with van der Waals surface area (Å²) in [7, 11) is 0. The molecule has 0 saturated heterocycles. The van der Waals surface area contributed by atoms with E-state index in [1.54, 1.807) is 12.1 Å². The zero-order chi connectivity index (χ0) is 16.2. The van der Waals surface area contributed by atoms with Crippen LogP contribution in [0.5, 0.6) is 5.75 Å². The van der Waals surface area contributed by atoms with Crippen molar-refractivity contribution in [2.75, 3.05) is 11.9 Å². The first kappa shape index (κ1) is 15.4. The Hall–Kier alpha value is -2.52. The molecule has 0 fully saturated rings. The Balaban J connectivity index is 1.70. The van der Waals surface area contributed by atoms with Gasteiger partial charge in [0.2, 0.25) is 0 Å². The fourth-order valence-electron chi connectivity index (χ4n) is 2.39. The van der Waals surface area contributed by atoms with E-state index >= 15 is 0 Å². The Morgan fingerprint density at radius 2 is 1.78 bits per heavy atom. The van der Waals surface area contributed by atoms with Gasteiger partial charge in [0.25, 0.3) is 5.91 Å². The van der Waals surface area contributed by atoms with E-state index in [2.05, 4.69) is 5.32 Å². The molecule has 0 bridgehead atoms. The lowest BCUT2D eigenvalue weighted by Crippen LogP contribution is -2.20. The molecule has 3 aromatic carbocycles. The van der Waals surface area contributed by atoms with Crippen molar-refractivity contribution in [1.29, 1.82) is 0 Å². The Morgan fingerprint density at radius 3 is 2.65 bits per heavy atom. The molecule has 0 aliphatic heterocycles. The summed E-state index contributed by atoms with van der Waals surface area (Å²) in [5, 5.41) is 5.51. The predicted molar refractivity (Wildman–Crippen MR) is 94.3 cm³/mol. The Kier molecular flexibility index (Phi) is 4.49. The van der Waals surface area contributed by atoms with Crippen molar-refractivity contribution in [1.82, 2.24) is 0 Å². The van der Waals surface area contributed by atoms with Gasteiger partial charge in [0.1, 0.15) is 5.75 Å². The van der Waals surface area contributed by atoms with Gasteiger partial charge in [0.05, 0.1) is 0 Å². The van der Waals surface area contributed by atoms with Crippen LogP contribution in [0.1, 0.15) is 5.56 Å². The Morgan fingerprint density at radius 1 is 1.04 bits per heavy atom. The minimum Gasteiger partial charge on any atom is -0.483 e. The molecular formula is C19H16ClNO2. The highest BCUT2D eigenvalue weighted by molar-refractivity contribution is 6.31. The van der Waals surface area contributed by atoms with E-state index in [1.807, 2.05) is 55.5 Å². The minimum absolute atomic E-state index is 0.0556. The van der Waals surface area contributed by atoms with Crippen molar-refractivity contribution in [2.24, 2.45) is 0 Å². The standard InChI is InChI=1S/C19H16ClNO2/c1-13-16(20)9-5-10-17(13)21-19(22)12-23-18-11-4-7-14-6-2-3-8-15(14)18/h2-11H,12H2,1H3,(H,21,22). The number of nitrogens with one attached hydrogen (secondary N) is 1. The third-order valence-corrected chi connectivity index (χ3v) is 4.06. The molecule has 0 saturated carbocycles. The van der Waals surface area contributed by atoms with Crippen LogP contribution in [0.2, 0.25) is 5.02 Å². The van der Waals surface area contributed by atoms with Crippen molar-refractivity contribution < 1.29 is 9.53 Å². The molecule has 0 heterocycles. The van der Waals surface area contributed by atoms with Gasteiger partial charge in [-0.2, -0.15) is 0 Å². The first-order chi connectivity index (χ1) is 11.1. The molecule has 3 nitrogen and oxygen atoms in total. The van der Waals surface area contributed by atoms with E-state index in [-0.39, 0.29) is 12.5 Å². The first-order valence-electron chi connectivity index (χ1n) is 7.30. The molecule has 4 heteroatoms. The summed E-state index contributed by atoms with van der Waals surface area (Å²) in [5.74, 6) is 0.476. The van der Waals surface area contributed by atoms with Crippen molar-refractivity contribution >= 4 is 34.0 Å². The largest absolute Gasteiger partial charge is 0.483 e. The molecule has 3 aromatic rings. The molecule has 1 amide bonds. The van der Waals surface area contributed by atoms with Crippen LogP contribution in [0.25, 0.3) is 10.8 Å². The fraction of sp³-hybridized carbons (Fsp3) is 0.105. The number of anilines is 1. The minimum atomic E-state index is -0.219. The van der Waals surface area contributed by atoms with Crippen molar-refractivity contribution in [3.63, 3.8) is 0 Å². The number of carbonyl (C=O) groups is 1. The van der Waals surface area contributed by atoms with Gasteiger partial charge in [-0.1, -0.05) is 54.1 Å². The summed E-state index contributed by atoms with van der Waals surface area (Å²) < 4.78 is 5.68. The number of fused-ring (bicyclic) bond motifs is 1. The zero-order valence-electron chi connectivity index (χ0n) is 12.7. The second-order valence-electron chi connectivity index (χ2n) is 5.23. The summed E-state index contributed by atoms with van der Waals surface area (Å²) in [6.07, 6.45) is 0. The molecule has 0 aliphatic rings. The summed E-state index contributed by atoms with van der Waals surface area (Å²) >= 11 is 6.05. The highest BCUT2D eigenvalue weighted by Gasteiger charge is 2.08. The topological polar surface area (TPSA) is 38.3 Å². The van der Waals surface area contributed by atoms with Gasteiger partial charge in [0, 0.05) is 16.1 Å². The van der Waals surface area contributed by atoms with Gasteiger partial charge in [-0.25, -0.2) is 0 Å². The van der Waals surface area contributed by atoms with Crippen LogP contribution in [0.15, 0.2) is 60.7 Å². The molecule has 0 radical (unpaired) electrons. The number of ether oxygens (including phenoxy) is 1. The summed E-state index contributed by atoms with van der Waals surface area (Å²) in [5.41, 5.74) is 1.54. The van der Waals surface area contributed by atoms with Crippen molar-refractivity contribution in [2.45, 2.75) is 6.92 Å². The molecule has 0 atom stereocenters. The smallest absolute Gasteiger partial charge is 0.262 e. The molecule has 3 rings (SSSR count).